The van der Waals surface area contributed by atoms with Crippen LogP contribution in [0.25, 0.3) is 0 Å². The van der Waals surface area contributed by atoms with Gasteiger partial charge in [-0.1, -0.05) is 33.0 Å². The molecule has 17 heteroatoms. The smallest absolute Gasteiger partial charge is 1.00 e. The molecule has 0 aromatic heterocycles. The number of hydroxylamine groups is 2. The van der Waals surface area contributed by atoms with Gasteiger partial charge >= 0.3 is 41.6 Å². The standard InChI is InChI=1S/C18H28N4O8S4.Na.H/c23-14-9-13(34-30-29-27)17(25)22(14)28-15(24)4-7-32-33-8-6-19-5-2-1-3-12-16-11(10-31-12)20-18(26)21-16;;/h11-13,16,19,27H,1-10H2,(H2,20,21,26);;/q;+1;-1/t11-,12?,13?,16-;;/m0../s1. The summed E-state index contributed by atoms with van der Waals surface area (Å²) < 4.78 is 4.17. The first-order valence-corrected chi connectivity index (χ1v) is 15.2. The Hall–Kier alpha value is 0.120. The fourth-order valence-electron chi connectivity index (χ4n) is 3.69. The minimum atomic E-state index is -0.939. The van der Waals surface area contributed by atoms with Crippen molar-refractivity contribution in [3.05, 3.63) is 0 Å². The van der Waals surface area contributed by atoms with E-state index in [1.54, 1.807) is 10.8 Å². The molecule has 194 valence electrons. The normalized spacial score (nSPS) is 25.3. The maximum atomic E-state index is 12.0. The number of urea groups is 1. The van der Waals surface area contributed by atoms with Gasteiger partial charge in [-0.15, -0.1) is 9.40 Å². The molecule has 3 saturated heterocycles. The third-order valence-corrected chi connectivity index (χ3v) is 9.96. The van der Waals surface area contributed by atoms with E-state index < -0.39 is 23.0 Å². The molecule has 3 rings (SSSR count). The van der Waals surface area contributed by atoms with E-state index >= 15 is 0 Å². The van der Waals surface area contributed by atoms with Crippen molar-refractivity contribution < 1.29 is 69.6 Å². The molecule has 12 nitrogen and oxygen atoms in total. The Morgan fingerprint density at radius 1 is 1.20 bits per heavy atom. The van der Waals surface area contributed by atoms with Gasteiger partial charge < -0.3 is 22.2 Å². The number of unbranched alkanes of at least 4 members (excludes halogenated alkanes) is 1. The molecule has 0 saturated carbocycles. The Kier molecular flexibility index (Phi) is 15.1. The summed E-state index contributed by atoms with van der Waals surface area (Å²) in [5, 5.41) is 20.9. The molecule has 4 amide bonds. The quantitative estimate of drug-likeness (QED) is 0.0244. The van der Waals surface area contributed by atoms with Crippen LogP contribution in [-0.4, -0.2) is 87.1 Å². The van der Waals surface area contributed by atoms with Gasteiger partial charge in [0.25, 0.3) is 11.8 Å². The van der Waals surface area contributed by atoms with Crippen LogP contribution < -0.4 is 45.5 Å². The number of imide groups is 1. The Morgan fingerprint density at radius 3 is 2.80 bits per heavy atom. The zero-order chi connectivity index (χ0) is 24.3. The molecule has 3 aliphatic rings. The zero-order valence-corrected chi connectivity index (χ0v) is 24.5. The Morgan fingerprint density at radius 2 is 2.00 bits per heavy atom. The Bertz CT molecular complexity index is 749. The Balaban J connectivity index is 0.00000324. The van der Waals surface area contributed by atoms with E-state index in [9.17, 15) is 19.2 Å². The second-order valence-electron chi connectivity index (χ2n) is 7.68. The van der Waals surface area contributed by atoms with Gasteiger partial charge in [0.05, 0.1) is 24.9 Å². The van der Waals surface area contributed by atoms with Crippen LogP contribution in [0.5, 0.6) is 0 Å². The van der Waals surface area contributed by atoms with Crippen molar-refractivity contribution in [2.24, 2.45) is 0 Å². The second kappa shape index (κ2) is 16.9. The average molecular weight is 581 g/mol. The van der Waals surface area contributed by atoms with Crippen molar-refractivity contribution in [3.63, 3.8) is 0 Å². The van der Waals surface area contributed by atoms with Crippen molar-refractivity contribution in [1.29, 1.82) is 0 Å². The molecule has 3 aliphatic heterocycles. The maximum absolute atomic E-state index is 12.0. The monoisotopic (exact) mass is 580 g/mol. The first-order valence-electron chi connectivity index (χ1n) is 10.8. The first-order chi connectivity index (χ1) is 16.5. The van der Waals surface area contributed by atoms with Gasteiger partial charge in [-0.25, -0.2) is 14.8 Å². The molecule has 3 heterocycles. The van der Waals surface area contributed by atoms with Crippen LogP contribution in [0.15, 0.2) is 0 Å². The number of carbonyl (C=O) groups is 4. The molecule has 0 radical (unpaired) electrons. The summed E-state index contributed by atoms with van der Waals surface area (Å²) >= 11 is 2.40. The number of nitrogens with one attached hydrogen (secondary N) is 3. The Labute approximate surface area is 243 Å². The van der Waals surface area contributed by atoms with E-state index in [0.29, 0.717) is 28.1 Å². The van der Waals surface area contributed by atoms with Crippen LogP contribution in [0.2, 0.25) is 0 Å². The molecule has 0 aliphatic carbocycles. The fraction of sp³-hybridized carbons (Fsp3) is 0.778. The molecule has 3 fully saturated rings. The van der Waals surface area contributed by atoms with E-state index in [4.69, 9.17) is 10.1 Å². The van der Waals surface area contributed by atoms with Crippen LogP contribution in [0.3, 0.4) is 0 Å². The topological polar surface area (TPSA) is 156 Å². The maximum Gasteiger partial charge on any atom is 1.00 e. The average Bonchev–Trinajstić information content (AvgIpc) is 3.44. The minimum Gasteiger partial charge on any atom is -1.00 e. The molecule has 35 heavy (non-hydrogen) atoms. The fourth-order valence-corrected chi connectivity index (χ4v) is 7.67. The van der Waals surface area contributed by atoms with E-state index in [-0.39, 0.29) is 61.9 Å². The van der Waals surface area contributed by atoms with Crippen LogP contribution in [0.4, 0.5) is 4.79 Å². The van der Waals surface area contributed by atoms with Crippen molar-refractivity contribution in [1.82, 2.24) is 21.0 Å². The van der Waals surface area contributed by atoms with Crippen LogP contribution in [0.1, 0.15) is 33.5 Å². The zero-order valence-electron chi connectivity index (χ0n) is 20.3. The minimum absolute atomic E-state index is 0. The molecular weight excluding hydrogens is 551 g/mol. The van der Waals surface area contributed by atoms with Crippen LogP contribution >= 0.6 is 45.4 Å². The number of hydrogen-bond donors (Lipinski definition) is 4. The number of nitrogens with zero attached hydrogens (tertiary/aromatic N) is 1. The van der Waals surface area contributed by atoms with Gasteiger partial charge in [0.2, 0.25) is 0 Å². The van der Waals surface area contributed by atoms with Gasteiger partial charge in [-0.05, 0) is 19.4 Å². The van der Waals surface area contributed by atoms with Gasteiger partial charge in [-0.3, -0.25) is 9.59 Å². The number of rotatable bonds is 16. The molecule has 0 spiro atoms. The molecule has 0 aromatic rings. The summed E-state index contributed by atoms with van der Waals surface area (Å²) in [6.45, 7) is 1.81. The third-order valence-electron chi connectivity index (χ3n) is 5.31. The van der Waals surface area contributed by atoms with Crippen LogP contribution in [-0.2, 0) is 28.6 Å². The number of amides is 4. The van der Waals surface area contributed by atoms with Crippen molar-refractivity contribution in [2.45, 2.75) is 54.7 Å². The largest absolute Gasteiger partial charge is 1.00 e. The van der Waals surface area contributed by atoms with E-state index in [2.05, 4.69) is 25.3 Å². The summed E-state index contributed by atoms with van der Waals surface area (Å²) in [4.78, 5) is 51.9. The summed E-state index contributed by atoms with van der Waals surface area (Å²) in [7, 11) is 3.16. The summed E-state index contributed by atoms with van der Waals surface area (Å²) in [6.07, 6.45) is 3.17. The van der Waals surface area contributed by atoms with E-state index in [1.807, 2.05) is 11.8 Å². The predicted octanol–water partition coefficient (Wildman–Crippen LogP) is -1.55. The summed E-state index contributed by atoms with van der Waals surface area (Å²) in [5.41, 5.74) is 0. The van der Waals surface area contributed by atoms with Gasteiger partial charge in [0.15, 0.2) is 0 Å². The molecule has 4 N–H and O–H groups in total. The summed E-state index contributed by atoms with van der Waals surface area (Å²) in [6, 6.07) is 0.506. The van der Waals surface area contributed by atoms with Crippen molar-refractivity contribution in [3.8, 4) is 0 Å². The van der Waals surface area contributed by atoms with E-state index in [1.165, 1.54) is 10.8 Å². The van der Waals surface area contributed by atoms with Gasteiger partial charge in [0.1, 0.15) is 5.25 Å². The number of carbonyl (C=O) groups excluding carboxylic acids is 4. The summed E-state index contributed by atoms with van der Waals surface area (Å²) in [5.74, 6) is 0.309. The number of fused-ring (bicyclic) bond motifs is 1. The van der Waals surface area contributed by atoms with E-state index in [0.717, 1.165) is 43.9 Å². The second-order valence-corrected chi connectivity index (χ2v) is 12.6. The number of hydrogen-bond acceptors (Lipinski definition) is 13. The molecule has 2 unspecified atom stereocenters. The predicted molar refractivity (Wildman–Crippen MR) is 132 cm³/mol. The molecule has 0 aromatic carbocycles. The van der Waals surface area contributed by atoms with Crippen LogP contribution in [0, 0.1) is 0 Å². The molecule has 4 atom stereocenters. The SMILES string of the molecule is O=C1N[C@H]2CSC(CCCCNCCSSCCC(=O)ON3C(=O)CC(SOOO)C3=O)[C@H]2N1.[H-].[Na+]. The van der Waals surface area contributed by atoms with Gasteiger partial charge in [0, 0.05) is 41.1 Å². The number of thioether (sulfide) groups is 1. The third kappa shape index (κ3) is 10.1. The van der Waals surface area contributed by atoms with Crippen molar-refractivity contribution in [2.75, 3.05) is 30.3 Å². The molecular formula is C18H29N4NaO8S4. The van der Waals surface area contributed by atoms with Gasteiger partial charge in [-0.2, -0.15) is 11.8 Å². The molecule has 0 bridgehead atoms. The first kappa shape index (κ1) is 31.3. The van der Waals surface area contributed by atoms with Crippen molar-refractivity contribution >= 4 is 69.2 Å².